The Labute approximate surface area is 105 Å². The summed E-state index contributed by atoms with van der Waals surface area (Å²) in [5, 5.41) is 2.35. The fraction of sp³-hybridized carbons (Fsp3) is 0.429. The molecular weight excluding hydrogens is 233 g/mol. The Bertz CT molecular complexity index is 499. The summed E-state index contributed by atoms with van der Waals surface area (Å²) in [5.41, 5.74) is 1.41. The van der Waals surface area contributed by atoms with Crippen LogP contribution in [0.15, 0.2) is 18.2 Å². The highest BCUT2D eigenvalue weighted by atomic mass is 19.1. The van der Waals surface area contributed by atoms with Gasteiger partial charge in [-0.3, -0.25) is 14.9 Å². The summed E-state index contributed by atoms with van der Waals surface area (Å²) in [5.74, 6) is -1.10. The van der Waals surface area contributed by atoms with E-state index in [1.165, 1.54) is 6.07 Å². The van der Waals surface area contributed by atoms with E-state index in [-0.39, 0.29) is 35.9 Å². The van der Waals surface area contributed by atoms with Crippen molar-refractivity contribution in [2.45, 2.75) is 32.6 Å². The van der Waals surface area contributed by atoms with Crippen molar-refractivity contribution < 1.29 is 14.0 Å². The third kappa shape index (κ3) is 2.28. The minimum Gasteiger partial charge on any atom is -0.296 e. The summed E-state index contributed by atoms with van der Waals surface area (Å²) in [7, 11) is 0. The summed E-state index contributed by atoms with van der Waals surface area (Å²) in [6.07, 6.45) is 0.954. The molecule has 1 N–H and O–H groups in total. The lowest BCUT2D eigenvalue weighted by Crippen LogP contribution is -2.44. The van der Waals surface area contributed by atoms with Gasteiger partial charge < -0.3 is 0 Å². The number of carbonyl (C=O) groups excluding carboxylic acids is 2. The Hall–Kier alpha value is -1.71. The van der Waals surface area contributed by atoms with E-state index in [2.05, 4.69) is 5.32 Å². The van der Waals surface area contributed by atoms with Gasteiger partial charge in [-0.15, -0.1) is 0 Å². The molecule has 3 nitrogen and oxygen atoms in total. The summed E-state index contributed by atoms with van der Waals surface area (Å²) in [6.45, 7) is 3.61. The number of halogens is 1. The molecule has 0 radical (unpaired) electrons. The Morgan fingerprint density at radius 1 is 1.39 bits per heavy atom. The zero-order valence-corrected chi connectivity index (χ0v) is 10.5. The molecular formula is C14H16FNO2. The molecule has 0 aliphatic carbocycles. The zero-order chi connectivity index (χ0) is 13.3. The van der Waals surface area contributed by atoms with Gasteiger partial charge in [-0.2, -0.15) is 0 Å². The number of imide groups is 1. The molecule has 1 heterocycles. The molecule has 4 heteroatoms. The van der Waals surface area contributed by atoms with Crippen molar-refractivity contribution in [3.63, 3.8) is 0 Å². The smallest absolute Gasteiger partial charge is 0.230 e. The van der Waals surface area contributed by atoms with Crippen LogP contribution in [0, 0.1) is 18.7 Å². The van der Waals surface area contributed by atoms with Crippen LogP contribution in [0.5, 0.6) is 0 Å². The fourth-order valence-electron chi connectivity index (χ4n) is 2.52. The standard InChI is InChI=1S/C14H16FNO2/c1-3-10-11(7-13(17)16-14(10)18)9-4-5-12(15)8(2)6-9/h4-6,10-11H,3,7H2,1-2H3,(H,16,17,18). The molecule has 2 rings (SSSR count). The Morgan fingerprint density at radius 2 is 2.11 bits per heavy atom. The van der Waals surface area contributed by atoms with Crippen LogP contribution in [0.4, 0.5) is 4.39 Å². The molecule has 1 fully saturated rings. The highest BCUT2D eigenvalue weighted by Gasteiger charge is 2.35. The second-order valence-corrected chi connectivity index (χ2v) is 4.75. The zero-order valence-electron chi connectivity index (χ0n) is 10.5. The van der Waals surface area contributed by atoms with E-state index < -0.39 is 0 Å². The summed E-state index contributed by atoms with van der Waals surface area (Å²) < 4.78 is 13.3. The molecule has 1 aromatic rings. The Morgan fingerprint density at radius 3 is 2.72 bits per heavy atom. The summed E-state index contributed by atoms with van der Waals surface area (Å²) >= 11 is 0. The highest BCUT2D eigenvalue weighted by molar-refractivity contribution is 5.99. The summed E-state index contributed by atoms with van der Waals surface area (Å²) in [6, 6.07) is 4.80. The molecule has 2 amide bonds. The average molecular weight is 249 g/mol. The van der Waals surface area contributed by atoms with Gasteiger partial charge in [0.25, 0.3) is 0 Å². The number of nitrogens with one attached hydrogen (secondary N) is 1. The van der Waals surface area contributed by atoms with E-state index in [4.69, 9.17) is 0 Å². The lowest BCUT2D eigenvalue weighted by molar-refractivity contribution is -0.137. The normalized spacial score (nSPS) is 23.9. The van der Waals surface area contributed by atoms with E-state index in [1.807, 2.05) is 6.92 Å². The number of piperidine rings is 1. The molecule has 18 heavy (non-hydrogen) atoms. The van der Waals surface area contributed by atoms with Crippen LogP contribution in [0.2, 0.25) is 0 Å². The third-order valence-electron chi connectivity index (χ3n) is 3.54. The third-order valence-corrected chi connectivity index (χ3v) is 3.54. The minimum atomic E-state index is -0.265. The highest BCUT2D eigenvalue weighted by Crippen LogP contribution is 2.34. The molecule has 2 atom stereocenters. The Balaban J connectivity index is 2.36. The molecule has 0 saturated carbocycles. The van der Waals surface area contributed by atoms with Gasteiger partial charge in [0.1, 0.15) is 5.82 Å². The molecule has 0 spiro atoms. The van der Waals surface area contributed by atoms with Crippen molar-refractivity contribution >= 4 is 11.8 Å². The van der Waals surface area contributed by atoms with Crippen molar-refractivity contribution in [1.29, 1.82) is 0 Å². The van der Waals surface area contributed by atoms with Gasteiger partial charge in [-0.25, -0.2) is 4.39 Å². The van der Waals surface area contributed by atoms with Crippen LogP contribution in [-0.4, -0.2) is 11.8 Å². The van der Waals surface area contributed by atoms with Crippen LogP contribution in [0.3, 0.4) is 0 Å². The number of hydrogen-bond acceptors (Lipinski definition) is 2. The number of carbonyl (C=O) groups is 2. The predicted octanol–water partition coefficient (Wildman–Crippen LogP) is 2.29. The molecule has 2 unspecified atom stereocenters. The molecule has 1 aliphatic heterocycles. The first-order valence-electron chi connectivity index (χ1n) is 6.12. The predicted molar refractivity (Wildman–Crippen MR) is 65.4 cm³/mol. The van der Waals surface area contributed by atoms with Crippen LogP contribution in [-0.2, 0) is 9.59 Å². The summed E-state index contributed by atoms with van der Waals surface area (Å²) in [4.78, 5) is 23.2. The first-order valence-corrected chi connectivity index (χ1v) is 6.12. The lowest BCUT2D eigenvalue weighted by atomic mass is 9.78. The maximum atomic E-state index is 13.3. The topological polar surface area (TPSA) is 46.2 Å². The Kier molecular flexibility index (Phi) is 3.45. The maximum Gasteiger partial charge on any atom is 0.230 e. The van der Waals surface area contributed by atoms with Gasteiger partial charge in [0, 0.05) is 18.3 Å². The van der Waals surface area contributed by atoms with Gasteiger partial charge in [0.2, 0.25) is 11.8 Å². The van der Waals surface area contributed by atoms with Crippen molar-refractivity contribution in [2.75, 3.05) is 0 Å². The molecule has 1 saturated heterocycles. The van der Waals surface area contributed by atoms with E-state index >= 15 is 0 Å². The van der Waals surface area contributed by atoms with Gasteiger partial charge in [0.15, 0.2) is 0 Å². The SMILES string of the molecule is CCC1C(=O)NC(=O)CC1c1ccc(F)c(C)c1. The number of aryl methyl sites for hydroxylation is 1. The molecule has 0 bridgehead atoms. The first-order chi connectivity index (χ1) is 8.52. The second-order valence-electron chi connectivity index (χ2n) is 4.75. The van der Waals surface area contributed by atoms with Gasteiger partial charge in [0.05, 0.1) is 0 Å². The largest absolute Gasteiger partial charge is 0.296 e. The maximum absolute atomic E-state index is 13.3. The van der Waals surface area contributed by atoms with E-state index in [0.717, 1.165) is 5.56 Å². The van der Waals surface area contributed by atoms with E-state index in [9.17, 15) is 14.0 Å². The van der Waals surface area contributed by atoms with Crippen LogP contribution in [0.25, 0.3) is 0 Å². The number of rotatable bonds is 2. The first kappa shape index (κ1) is 12.7. The molecule has 0 aromatic heterocycles. The van der Waals surface area contributed by atoms with E-state index in [0.29, 0.717) is 12.0 Å². The van der Waals surface area contributed by atoms with Crippen molar-refractivity contribution in [3.8, 4) is 0 Å². The van der Waals surface area contributed by atoms with Crippen LogP contribution in [0.1, 0.15) is 36.8 Å². The fourth-order valence-corrected chi connectivity index (χ4v) is 2.52. The van der Waals surface area contributed by atoms with Crippen LogP contribution >= 0.6 is 0 Å². The van der Waals surface area contributed by atoms with Gasteiger partial charge in [-0.1, -0.05) is 19.1 Å². The monoisotopic (exact) mass is 249 g/mol. The van der Waals surface area contributed by atoms with Gasteiger partial charge >= 0.3 is 0 Å². The number of hydrogen-bond donors (Lipinski definition) is 1. The van der Waals surface area contributed by atoms with Crippen molar-refractivity contribution in [3.05, 3.63) is 35.1 Å². The minimum absolute atomic E-state index is 0.143. The van der Waals surface area contributed by atoms with Gasteiger partial charge in [-0.05, 0) is 30.5 Å². The second kappa shape index (κ2) is 4.88. The van der Waals surface area contributed by atoms with Crippen LogP contribution < -0.4 is 5.32 Å². The number of benzene rings is 1. The quantitative estimate of drug-likeness (QED) is 0.817. The van der Waals surface area contributed by atoms with Crippen molar-refractivity contribution in [2.24, 2.45) is 5.92 Å². The van der Waals surface area contributed by atoms with Crippen molar-refractivity contribution in [1.82, 2.24) is 5.32 Å². The molecule has 1 aromatic carbocycles. The van der Waals surface area contributed by atoms with E-state index in [1.54, 1.807) is 19.1 Å². The molecule has 96 valence electrons. The number of amides is 2. The average Bonchev–Trinajstić information content (AvgIpc) is 2.32. The lowest BCUT2D eigenvalue weighted by Gasteiger charge is -2.29. The molecule has 1 aliphatic rings.